The Labute approximate surface area is 144 Å². The Bertz CT molecular complexity index is 611. The van der Waals surface area contributed by atoms with Crippen LogP contribution in [0.4, 0.5) is 5.69 Å². The normalized spacial score (nSPS) is 11.9. The number of hydrogen-bond donors (Lipinski definition) is 1. The zero-order valence-electron chi connectivity index (χ0n) is 14.9. The predicted octanol–water partition coefficient (Wildman–Crippen LogP) is 4.61. The molecule has 0 aliphatic rings. The van der Waals surface area contributed by atoms with Crippen LogP contribution in [0.2, 0.25) is 0 Å². The van der Waals surface area contributed by atoms with Crippen LogP contribution in [-0.4, -0.2) is 26.4 Å². The van der Waals surface area contributed by atoms with Crippen LogP contribution < -0.4 is 19.5 Å². The van der Waals surface area contributed by atoms with Crippen molar-refractivity contribution < 1.29 is 14.2 Å². The molecule has 0 amide bonds. The van der Waals surface area contributed by atoms with Crippen molar-refractivity contribution in [2.45, 2.75) is 26.9 Å². The highest BCUT2D eigenvalue weighted by Crippen LogP contribution is 2.26. The molecule has 0 bridgehead atoms. The van der Waals surface area contributed by atoms with E-state index in [-0.39, 0.29) is 6.10 Å². The standard InChI is InChI=1S/C20H27NO3/c1-15(2)14-23-18-11-9-17(10-12-18)21-13-16(3)24-20-8-6-5-7-19(20)22-4/h5-12,15-16,21H,13-14H2,1-4H3. The van der Waals surface area contributed by atoms with Gasteiger partial charge in [0.15, 0.2) is 11.5 Å². The van der Waals surface area contributed by atoms with Crippen LogP contribution in [0.25, 0.3) is 0 Å². The van der Waals surface area contributed by atoms with Crippen molar-refractivity contribution in [3.05, 3.63) is 48.5 Å². The third kappa shape index (κ3) is 5.69. The van der Waals surface area contributed by atoms with E-state index in [4.69, 9.17) is 14.2 Å². The second-order valence-electron chi connectivity index (χ2n) is 6.19. The number of nitrogens with one attached hydrogen (secondary N) is 1. The molecule has 0 aromatic heterocycles. The fourth-order valence-electron chi connectivity index (χ4n) is 2.17. The van der Waals surface area contributed by atoms with E-state index in [0.717, 1.165) is 29.5 Å². The molecule has 2 aromatic rings. The molecule has 4 heteroatoms. The van der Waals surface area contributed by atoms with Crippen LogP contribution in [-0.2, 0) is 0 Å². The Hall–Kier alpha value is -2.36. The van der Waals surface area contributed by atoms with Gasteiger partial charge in [0.25, 0.3) is 0 Å². The molecule has 0 radical (unpaired) electrons. The summed E-state index contributed by atoms with van der Waals surface area (Å²) in [7, 11) is 1.65. The molecule has 0 heterocycles. The number of rotatable bonds is 9. The minimum Gasteiger partial charge on any atom is -0.493 e. The average Bonchev–Trinajstić information content (AvgIpc) is 2.59. The average molecular weight is 329 g/mol. The quantitative estimate of drug-likeness (QED) is 0.729. The van der Waals surface area contributed by atoms with Gasteiger partial charge in [-0.1, -0.05) is 26.0 Å². The van der Waals surface area contributed by atoms with Crippen molar-refractivity contribution in [2.75, 3.05) is 25.6 Å². The molecule has 1 unspecified atom stereocenters. The summed E-state index contributed by atoms with van der Waals surface area (Å²) in [6.45, 7) is 7.73. The van der Waals surface area contributed by atoms with Gasteiger partial charge in [-0.25, -0.2) is 0 Å². The third-order valence-corrected chi connectivity index (χ3v) is 3.43. The van der Waals surface area contributed by atoms with Gasteiger partial charge in [-0.15, -0.1) is 0 Å². The molecule has 0 spiro atoms. The molecule has 24 heavy (non-hydrogen) atoms. The van der Waals surface area contributed by atoms with Crippen molar-refractivity contribution in [1.82, 2.24) is 0 Å². The van der Waals surface area contributed by atoms with Crippen molar-refractivity contribution in [1.29, 1.82) is 0 Å². The van der Waals surface area contributed by atoms with E-state index in [0.29, 0.717) is 12.5 Å². The maximum absolute atomic E-state index is 5.93. The summed E-state index contributed by atoms with van der Waals surface area (Å²) in [4.78, 5) is 0. The molecule has 0 saturated carbocycles. The number of benzene rings is 2. The molecule has 2 aromatic carbocycles. The van der Waals surface area contributed by atoms with E-state index in [1.165, 1.54) is 0 Å². The highest BCUT2D eigenvalue weighted by atomic mass is 16.5. The van der Waals surface area contributed by atoms with Gasteiger partial charge in [0, 0.05) is 5.69 Å². The lowest BCUT2D eigenvalue weighted by molar-refractivity contribution is 0.223. The smallest absolute Gasteiger partial charge is 0.161 e. The van der Waals surface area contributed by atoms with Gasteiger partial charge in [-0.3, -0.25) is 0 Å². The maximum Gasteiger partial charge on any atom is 0.161 e. The largest absolute Gasteiger partial charge is 0.493 e. The molecule has 4 nitrogen and oxygen atoms in total. The monoisotopic (exact) mass is 329 g/mol. The summed E-state index contributed by atoms with van der Waals surface area (Å²) in [5.41, 5.74) is 1.04. The first-order chi connectivity index (χ1) is 11.6. The lowest BCUT2D eigenvalue weighted by Crippen LogP contribution is -2.22. The van der Waals surface area contributed by atoms with E-state index in [1.54, 1.807) is 7.11 Å². The Kier molecular flexibility index (Phi) is 6.79. The summed E-state index contributed by atoms with van der Waals surface area (Å²) < 4.78 is 16.9. The first-order valence-electron chi connectivity index (χ1n) is 8.35. The van der Waals surface area contributed by atoms with Crippen LogP contribution in [0.5, 0.6) is 17.2 Å². The number of para-hydroxylation sites is 2. The molecule has 0 fully saturated rings. The van der Waals surface area contributed by atoms with E-state index >= 15 is 0 Å². The lowest BCUT2D eigenvalue weighted by Gasteiger charge is -2.18. The van der Waals surface area contributed by atoms with E-state index < -0.39 is 0 Å². The molecule has 1 N–H and O–H groups in total. The first kappa shape index (κ1) is 18.0. The summed E-state index contributed by atoms with van der Waals surface area (Å²) in [5, 5.41) is 3.37. The van der Waals surface area contributed by atoms with Crippen LogP contribution in [0, 0.1) is 5.92 Å². The van der Waals surface area contributed by atoms with Crippen LogP contribution >= 0.6 is 0 Å². The summed E-state index contributed by atoms with van der Waals surface area (Å²) >= 11 is 0. The fraction of sp³-hybridized carbons (Fsp3) is 0.400. The van der Waals surface area contributed by atoms with Crippen molar-refractivity contribution >= 4 is 5.69 Å². The fourth-order valence-corrected chi connectivity index (χ4v) is 2.17. The summed E-state index contributed by atoms with van der Waals surface area (Å²) in [5.74, 6) is 2.92. The van der Waals surface area contributed by atoms with Gasteiger partial charge in [0.2, 0.25) is 0 Å². The number of ether oxygens (including phenoxy) is 3. The van der Waals surface area contributed by atoms with Gasteiger partial charge in [0.05, 0.1) is 20.3 Å². The SMILES string of the molecule is COc1ccccc1OC(C)CNc1ccc(OCC(C)C)cc1. The summed E-state index contributed by atoms with van der Waals surface area (Å²) in [6.07, 6.45) is 0.0122. The number of methoxy groups -OCH3 is 1. The minimum atomic E-state index is 0.0122. The Balaban J connectivity index is 1.82. The van der Waals surface area contributed by atoms with E-state index in [2.05, 4.69) is 19.2 Å². The van der Waals surface area contributed by atoms with Gasteiger partial charge in [-0.2, -0.15) is 0 Å². The predicted molar refractivity (Wildman–Crippen MR) is 98.3 cm³/mol. The van der Waals surface area contributed by atoms with Crippen molar-refractivity contribution in [3.63, 3.8) is 0 Å². The van der Waals surface area contributed by atoms with Crippen molar-refractivity contribution in [2.24, 2.45) is 5.92 Å². The second kappa shape index (κ2) is 9.06. The molecule has 0 aliphatic heterocycles. The zero-order valence-corrected chi connectivity index (χ0v) is 14.9. The molecule has 130 valence electrons. The Morgan fingerprint density at radius 3 is 2.21 bits per heavy atom. The van der Waals surface area contributed by atoms with E-state index in [1.807, 2.05) is 55.5 Å². The number of hydrogen-bond acceptors (Lipinski definition) is 4. The molecule has 1 atom stereocenters. The highest BCUT2D eigenvalue weighted by molar-refractivity contribution is 5.46. The van der Waals surface area contributed by atoms with Crippen LogP contribution in [0.1, 0.15) is 20.8 Å². The highest BCUT2D eigenvalue weighted by Gasteiger charge is 2.08. The second-order valence-corrected chi connectivity index (χ2v) is 6.19. The molecular weight excluding hydrogens is 302 g/mol. The maximum atomic E-state index is 5.93. The molecule has 0 aliphatic carbocycles. The van der Waals surface area contributed by atoms with Crippen LogP contribution in [0.3, 0.4) is 0 Å². The van der Waals surface area contributed by atoms with E-state index in [9.17, 15) is 0 Å². The van der Waals surface area contributed by atoms with Crippen LogP contribution in [0.15, 0.2) is 48.5 Å². The zero-order chi connectivity index (χ0) is 17.4. The Morgan fingerprint density at radius 1 is 0.917 bits per heavy atom. The van der Waals surface area contributed by atoms with Gasteiger partial charge >= 0.3 is 0 Å². The molecular formula is C20H27NO3. The van der Waals surface area contributed by atoms with Crippen molar-refractivity contribution in [3.8, 4) is 17.2 Å². The Morgan fingerprint density at radius 2 is 1.58 bits per heavy atom. The summed E-state index contributed by atoms with van der Waals surface area (Å²) in [6, 6.07) is 15.7. The van der Waals surface area contributed by atoms with Gasteiger partial charge in [0.1, 0.15) is 11.9 Å². The van der Waals surface area contributed by atoms with Gasteiger partial charge in [-0.05, 0) is 49.2 Å². The molecule has 0 saturated heterocycles. The number of anilines is 1. The lowest BCUT2D eigenvalue weighted by atomic mass is 10.2. The topological polar surface area (TPSA) is 39.7 Å². The minimum absolute atomic E-state index is 0.0122. The molecule has 2 rings (SSSR count). The van der Waals surface area contributed by atoms with Gasteiger partial charge < -0.3 is 19.5 Å². The first-order valence-corrected chi connectivity index (χ1v) is 8.35. The third-order valence-electron chi connectivity index (χ3n) is 3.43.